The molecular weight excluding hydrogens is 373 g/mol. The second-order valence-electron chi connectivity index (χ2n) is 11.8. The fraction of sp³-hybridized carbons (Fsp3) is 1.00. The van der Waals surface area contributed by atoms with E-state index < -0.39 is 40.6 Å². The maximum absolute atomic E-state index is 15.6. The molecule has 26 heavy (non-hydrogen) atoms. The Hall–Kier alpha value is 0.490. The van der Waals surface area contributed by atoms with Crippen LogP contribution in [0.5, 0.6) is 0 Å². The van der Waals surface area contributed by atoms with Gasteiger partial charge in [-0.2, -0.15) is 22.7 Å². The van der Waals surface area contributed by atoms with Crippen molar-refractivity contribution in [3.63, 3.8) is 0 Å². The van der Waals surface area contributed by atoms with Crippen molar-refractivity contribution < 1.29 is 12.7 Å². The Balaban J connectivity index is 5.52. The summed E-state index contributed by atoms with van der Waals surface area (Å²) in [6, 6.07) is 0. The third-order valence-electron chi connectivity index (χ3n) is 6.17. The molecule has 0 radical (unpaired) electrons. The topological polar surface area (TPSA) is 0 Å². The van der Waals surface area contributed by atoms with Gasteiger partial charge in [0.2, 0.25) is 0 Å². The average Bonchev–Trinajstić information content (AvgIpc) is 2.31. The van der Waals surface area contributed by atoms with E-state index in [-0.39, 0.29) is 5.41 Å². The molecule has 1 unspecified atom stereocenters. The van der Waals surface area contributed by atoms with Crippen molar-refractivity contribution in [2.75, 3.05) is 24.5 Å². The molecular formula is C21H45F3S2. The van der Waals surface area contributed by atoms with E-state index in [0.717, 1.165) is 0 Å². The molecule has 0 fully saturated rings. The van der Waals surface area contributed by atoms with Crippen molar-refractivity contribution in [1.82, 2.24) is 0 Å². The van der Waals surface area contributed by atoms with Crippen molar-refractivity contribution in [2.45, 2.75) is 96.8 Å². The molecule has 0 aromatic carbocycles. The van der Waals surface area contributed by atoms with E-state index in [9.17, 15) is 0 Å². The van der Waals surface area contributed by atoms with E-state index in [4.69, 9.17) is 0 Å². The molecule has 0 aromatic heterocycles. The first-order valence-electron chi connectivity index (χ1n) is 9.47. The number of rotatable bonds is 7. The molecule has 0 nitrogen and oxygen atoms in total. The van der Waals surface area contributed by atoms with Crippen molar-refractivity contribution in [3.05, 3.63) is 0 Å². The summed E-state index contributed by atoms with van der Waals surface area (Å²) in [4.78, 5) is 0. The van der Waals surface area contributed by atoms with E-state index in [1.807, 2.05) is 55.4 Å². The molecule has 1 atom stereocenters. The lowest BCUT2D eigenvalue weighted by Gasteiger charge is -2.55. The van der Waals surface area contributed by atoms with Gasteiger partial charge in [0.25, 0.3) is 5.25 Å². The second-order valence-corrected chi connectivity index (χ2v) is 19.5. The molecule has 0 amide bonds. The minimum absolute atomic E-state index is 0.103. The Bertz CT molecular complexity index is 478. The van der Waals surface area contributed by atoms with Gasteiger partial charge in [0.1, 0.15) is 0 Å². The van der Waals surface area contributed by atoms with Crippen LogP contribution in [0, 0.1) is 10.8 Å². The molecule has 0 aliphatic carbocycles. The van der Waals surface area contributed by atoms with Crippen LogP contribution in [0.2, 0.25) is 0 Å². The largest absolute Gasteiger partial charge is 0.284 e. The fourth-order valence-corrected chi connectivity index (χ4v) is 7.85. The van der Waals surface area contributed by atoms with Crippen LogP contribution in [0.1, 0.15) is 82.1 Å². The number of hydrogen-bond acceptors (Lipinski definition) is 0. The van der Waals surface area contributed by atoms with E-state index >= 15 is 12.7 Å². The van der Waals surface area contributed by atoms with Crippen LogP contribution >= 0.6 is 20.4 Å². The lowest BCUT2D eigenvalue weighted by molar-refractivity contribution is -0.0297. The zero-order valence-electron chi connectivity index (χ0n) is 19.6. The predicted octanol–water partition coefficient (Wildman–Crippen LogP) is 8.39. The van der Waals surface area contributed by atoms with Gasteiger partial charge in [-0.15, -0.1) is 0 Å². The van der Waals surface area contributed by atoms with Gasteiger partial charge in [-0.3, -0.25) is 0 Å². The molecule has 0 bridgehead atoms. The summed E-state index contributed by atoms with van der Waals surface area (Å²) in [5.41, 5.74) is -1.26. The number of halogens is 3. The van der Waals surface area contributed by atoms with Gasteiger partial charge in [0, 0.05) is 15.9 Å². The first-order chi connectivity index (χ1) is 10.9. The van der Waals surface area contributed by atoms with Gasteiger partial charge in [-0.05, 0) is 55.6 Å². The SMILES string of the molecule is CC(C)(C)CS(C)(F)C(C)(C)CCC(C)(C)C(F)(F)S(C)(C)C(C)(C)C. The molecule has 0 saturated heterocycles. The van der Waals surface area contributed by atoms with Gasteiger partial charge in [0.05, 0.1) is 0 Å². The molecule has 0 aromatic rings. The average molecular weight is 419 g/mol. The van der Waals surface area contributed by atoms with Crippen molar-refractivity contribution in [3.8, 4) is 0 Å². The van der Waals surface area contributed by atoms with Crippen LogP contribution in [-0.4, -0.2) is 39.3 Å². The molecule has 0 N–H and O–H groups in total. The van der Waals surface area contributed by atoms with Gasteiger partial charge in [0.15, 0.2) is 0 Å². The molecule has 0 rings (SSSR count). The summed E-state index contributed by atoms with van der Waals surface area (Å²) in [5, 5.41) is -2.78. The van der Waals surface area contributed by atoms with E-state index in [1.165, 1.54) is 0 Å². The summed E-state index contributed by atoms with van der Waals surface area (Å²) in [6.45, 7) is 19.0. The maximum atomic E-state index is 15.6. The smallest absolute Gasteiger partial charge is 0.195 e. The van der Waals surface area contributed by atoms with Crippen LogP contribution in [0.4, 0.5) is 12.7 Å². The Morgan fingerprint density at radius 1 is 0.692 bits per heavy atom. The van der Waals surface area contributed by atoms with Crippen molar-refractivity contribution in [2.24, 2.45) is 10.8 Å². The van der Waals surface area contributed by atoms with Crippen LogP contribution in [0.15, 0.2) is 0 Å². The molecule has 0 heterocycles. The standard InChI is InChI=1S/C21H45F3S2/c1-17(2,3)16-26(13,24)20(9,10)15-14-19(7,8)21(22,23)25(11,12)18(4,5)6/h14-16H2,1-13H3. The van der Waals surface area contributed by atoms with E-state index in [0.29, 0.717) is 18.6 Å². The zero-order valence-corrected chi connectivity index (χ0v) is 21.2. The minimum atomic E-state index is -2.78. The molecule has 162 valence electrons. The summed E-state index contributed by atoms with van der Waals surface area (Å²) in [6.07, 6.45) is 6.01. The number of alkyl halides is 2. The normalized spacial score (nSPS) is 19.8. The molecule has 0 aliphatic rings. The molecule has 0 saturated carbocycles. The second kappa shape index (κ2) is 7.39. The van der Waals surface area contributed by atoms with Gasteiger partial charge < -0.3 is 0 Å². The quantitative estimate of drug-likeness (QED) is 0.389. The molecule has 5 heteroatoms. The van der Waals surface area contributed by atoms with Crippen molar-refractivity contribution in [1.29, 1.82) is 0 Å². The summed E-state index contributed by atoms with van der Waals surface area (Å²) in [5.74, 6) is 0.503. The highest BCUT2D eigenvalue weighted by Gasteiger charge is 2.58. The van der Waals surface area contributed by atoms with Crippen LogP contribution in [-0.2, 0) is 0 Å². The Morgan fingerprint density at radius 3 is 1.38 bits per heavy atom. The first kappa shape index (κ1) is 26.5. The van der Waals surface area contributed by atoms with Crippen LogP contribution < -0.4 is 0 Å². The number of hydrogen-bond donors (Lipinski definition) is 0. The highest BCUT2D eigenvalue weighted by molar-refractivity contribution is 8.34. The third kappa shape index (κ3) is 5.52. The highest BCUT2D eigenvalue weighted by atomic mass is 32.3. The Labute approximate surface area is 165 Å². The summed E-state index contributed by atoms with van der Waals surface area (Å²) < 4.78 is 45.7. The van der Waals surface area contributed by atoms with Gasteiger partial charge >= 0.3 is 0 Å². The van der Waals surface area contributed by atoms with Gasteiger partial charge in [-0.25, -0.2) is 0 Å². The highest BCUT2D eigenvalue weighted by Crippen LogP contribution is 2.71. The summed E-state index contributed by atoms with van der Waals surface area (Å²) in [7, 11) is -4.57. The third-order valence-corrected chi connectivity index (χ3v) is 15.0. The maximum Gasteiger partial charge on any atom is 0.284 e. The molecule has 0 aliphatic heterocycles. The lowest BCUT2D eigenvalue weighted by atomic mass is 9.85. The first-order valence-corrected chi connectivity index (χ1v) is 14.0. The van der Waals surface area contributed by atoms with Gasteiger partial charge in [-0.1, -0.05) is 65.8 Å². The predicted molar refractivity (Wildman–Crippen MR) is 120 cm³/mol. The zero-order chi connectivity index (χ0) is 21.6. The van der Waals surface area contributed by atoms with E-state index in [2.05, 4.69) is 0 Å². The summed E-state index contributed by atoms with van der Waals surface area (Å²) >= 11 is 0. The lowest BCUT2D eigenvalue weighted by Crippen LogP contribution is -2.47. The monoisotopic (exact) mass is 418 g/mol. The van der Waals surface area contributed by atoms with Crippen molar-refractivity contribution >= 4 is 20.4 Å². The Kier molecular flexibility index (Phi) is 7.53. The van der Waals surface area contributed by atoms with Crippen LogP contribution in [0.3, 0.4) is 0 Å². The van der Waals surface area contributed by atoms with E-state index in [1.54, 1.807) is 32.6 Å². The minimum Gasteiger partial charge on any atom is -0.195 e. The Morgan fingerprint density at radius 2 is 1.08 bits per heavy atom. The van der Waals surface area contributed by atoms with Crippen LogP contribution in [0.25, 0.3) is 0 Å². The fourth-order valence-electron chi connectivity index (χ4n) is 3.06. The molecule has 0 spiro atoms.